The fourth-order valence-corrected chi connectivity index (χ4v) is 2.00. The lowest BCUT2D eigenvalue weighted by Crippen LogP contribution is -1.99. The van der Waals surface area contributed by atoms with Crippen LogP contribution in [0.2, 0.25) is 0 Å². The van der Waals surface area contributed by atoms with Gasteiger partial charge in [-0.25, -0.2) is 4.98 Å². The number of benzene rings is 1. The first-order valence-electron chi connectivity index (χ1n) is 5.43. The molecule has 1 aromatic carbocycles. The molecule has 3 rings (SSSR count). The van der Waals surface area contributed by atoms with Crippen LogP contribution in [0, 0.1) is 0 Å². The quantitative estimate of drug-likeness (QED) is 0.732. The summed E-state index contributed by atoms with van der Waals surface area (Å²) in [6.45, 7) is 0. The number of aliphatic carboxylic acids is 1. The highest BCUT2D eigenvalue weighted by molar-refractivity contribution is 5.81. The van der Waals surface area contributed by atoms with Crippen molar-refractivity contribution in [2.75, 3.05) is 7.11 Å². The molecule has 18 heavy (non-hydrogen) atoms. The molecule has 0 bridgehead atoms. The summed E-state index contributed by atoms with van der Waals surface area (Å²) in [6.07, 6.45) is 1.70. The number of carboxylic acid groups (broad SMARTS) is 1. The molecule has 0 fully saturated rings. The molecule has 2 heterocycles. The average molecular weight is 245 g/mol. The van der Waals surface area contributed by atoms with Crippen molar-refractivity contribution in [1.82, 2.24) is 14.4 Å². The van der Waals surface area contributed by atoms with Crippen molar-refractivity contribution in [1.29, 1.82) is 0 Å². The van der Waals surface area contributed by atoms with Gasteiger partial charge < -0.3 is 14.8 Å². The monoisotopic (exact) mass is 245 g/mol. The van der Waals surface area contributed by atoms with Crippen LogP contribution in [-0.4, -0.2) is 32.6 Å². The van der Waals surface area contributed by atoms with E-state index in [0.29, 0.717) is 11.5 Å². The molecular formula is C12H11N3O3. The van der Waals surface area contributed by atoms with Gasteiger partial charge in [0.1, 0.15) is 5.75 Å². The van der Waals surface area contributed by atoms with Gasteiger partial charge in [-0.15, -0.1) is 0 Å². The topological polar surface area (TPSA) is 79.6 Å². The third kappa shape index (κ3) is 1.58. The SMILES string of the molecule is COc1ccc2nc3[nH]c(CC(=O)O)cn3c2c1. The van der Waals surface area contributed by atoms with E-state index in [9.17, 15) is 4.79 Å². The molecule has 0 saturated heterocycles. The summed E-state index contributed by atoms with van der Waals surface area (Å²) < 4.78 is 7.00. The second-order valence-corrected chi connectivity index (χ2v) is 4.01. The molecule has 92 valence electrons. The molecule has 0 aliphatic carbocycles. The van der Waals surface area contributed by atoms with Gasteiger partial charge in [-0.1, -0.05) is 0 Å². The number of ether oxygens (including phenoxy) is 1. The van der Waals surface area contributed by atoms with E-state index in [0.717, 1.165) is 16.8 Å². The first-order valence-corrected chi connectivity index (χ1v) is 5.43. The average Bonchev–Trinajstić information content (AvgIpc) is 2.84. The minimum absolute atomic E-state index is 0.0468. The van der Waals surface area contributed by atoms with Crippen LogP contribution >= 0.6 is 0 Å². The molecule has 0 saturated carbocycles. The number of imidazole rings is 2. The van der Waals surface area contributed by atoms with Crippen LogP contribution in [-0.2, 0) is 11.2 Å². The van der Waals surface area contributed by atoms with Gasteiger partial charge in [-0.3, -0.25) is 9.20 Å². The Morgan fingerprint density at radius 3 is 3.11 bits per heavy atom. The number of rotatable bonds is 3. The van der Waals surface area contributed by atoms with E-state index in [-0.39, 0.29) is 6.42 Å². The number of carbonyl (C=O) groups is 1. The molecule has 0 spiro atoms. The molecule has 0 amide bonds. The second-order valence-electron chi connectivity index (χ2n) is 4.01. The zero-order valence-electron chi connectivity index (χ0n) is 9.67. The number of methoxy groups -OCH3 is 1. The highest BCUT2D eigenvalue weighted by Crippen LogP contribution is 2.22. The molecule has 6 nitrogen and oxygen atoms in total. The zero-order valence-corrected chi connectivity index (χ0v) is 9.67. The molecule has 0 atom stereocenters. The van der Waals surface area contributed by atoms with Crippen LogP contribution in [0.5, 0.6) is 5.75 Å². The largest absolute Gasteiger partial charge is 0.497 e. The van der Waals surface area contributed by atoms with Gasteiger partial charge in [0, 0.05) is 18.0 Å². The number of hydrogen-bond acceptors (Lipinski definition) is 3. The number of carboxylic acids is 1. The number of aromatic amines is 1. The standard InChI is InChI=1S/C12H11N3O3/c1-18-8-2-3-9-10(5-8)15-6-7(4-11(16)17)13-12(15)14-9/h2-3,5-6H,4H2,1H3,(H,13,14)(H,16,17). The van der Waals surface area contributed by atoms with E-state index >= 15 is 0 Å². The van der Waals surface area contributed by atoms with Gasteiger partial charge in [0.15, 0.2) is 0 Å². The summed E-state index contributed by atoms with van der Waals surface area (Å²) in [5, 5.41) is 8.76. The van der Waals surface area contributed by atoms with Crippen LogP contribution in [0.15, 0.2) is 24.4 Å². The number of hydrogen-bond donors (Lipinski definition) is 2. The Morgan fingerprint density at radius 2 is 2.39 bits per heavy atom. The maximum atomic E-state index is 10.7. The Morgan fingerprint density at radius 1 is 1.56 bits per heavy atom. The second kappa shape index (κ2) is 3.76. The first-order chi connectivity index (χ1) is 8.67. The molecule has 2 N–H and O–H groups in total. The lowest BCUT2D eigenvalue weighted by atomic mass is 10.3. The van der Waals surface area contributed by atoms with E-state index in [4.69, 9.17) is 9.84 Å². The Hall–Kier alpha value is -2.50. The molecular weight excluding hydrogens is 234 g/mol. The molecule has 0 aliphatic rings. The van der Waals surface area contributed by atoms with Gasteiger partial charge in [-0.05, 0) is 12.1 Å². The van der Waals surface area contributed by atoms with Gasteiger partial charge in [0.2, 0.25) is 5.78 Å². The van der Waals surface area contributed by atoms with Crippen molar-refractivity contribution in [3.63, 3.8) is 0 Å². The summed E-state index contributed by atoms with van der Waals surface area (Å²) >= 11 is 0. The third-order valence-electron chi connectivity index (χ3n) is 2.80. The number of nitrogens with zero attached hydrogens (tertiary/aromatic N) is 2. The van der Waals surface area contributed by atoms with Crippen molar-refractivity contribution in [2.45, 2.75) is 6.42 Å². The predicted octanol–water partition coefficient (Wildman–Crippen LogP) is 1.45. The normalized spacial score (nSPS) is 11.2. The third-order valence-corrected chi connectivity index (χ3v) is 2.80. The Balaban J connectivity index is 2.19. The van der Waals surface area contributed by atoms with Crippen LogP contribution in [0.1, 0.15) is 5.69 Å². The molecule has 2 aromatic heterocycles. The highest BCUT2D eigenvalue weighted by atomic mass is 16.5. The van der Waals surface area contributed by atoms with Crippen molar-refractivity contribution >= 4 is 22.8 Å². The number of nitrogens with one attached hydrogen (secondary N) is 1. The minimum Gasteiger partial charge on any atom is -0.497 e. The van der Waals surface area contributed by atoms with Crippen LogP contribution in [0.25, 0.3) is 16.8 Å². The lowest BCUT2D eigenvalue weighted by Gasteiger charge is -1.98. The van der Waals surface area contributed by atoms with Gasteiger partial charge in [0.25, 0.3) is 0 Å². The number of aromatic nitrogens is 3. The molecule has 0 aliphatic heterocycles. The van der Waals surface area contributed by atoms with Crippen LogP contribution in [0.4, 0.5) is 0 Å². The van der Waals surface area contributed by atoms with Crippen molar-refractivity contribution in [2.24, 2.45) is 0 Å². The molecule has 6 heteroatoms. The smallest absolute Gasteiger partial charge is 0.309 e. The van der Waals surface area contributed by atoms with Crippen LogP contribution in [0.3, 0.4) is 0 Å². The van der Waals surface area contributed by atoms with Crippen molar-refractivity contribution < 1.29 is 14.6 Å². The summed E-state index contributed by atoms with van der Waals surface area (Å²) in [7, 11) is 1.60. The van der Waals surface area contributed by atoms with E-state index in [1.54, 1.807) is 13.3 Å². The summed E-state index contributed by atoms with van der Waals surface area (Å²) in [5.41, 5.74) is 2.34. The molecule has 3 aromatic rings. The van der Waals surface area contributed by atoms with E-state index in [1.807, 2.05) is 22.6 Å². The van der Waals surface area contributed by atoms with Crippen molar-refractivity contribution in [3.8, 4) is 5.75 Å². The van der Waals surface area contributed by atoms with E-state index in [1.165, 1.54) is 0 Å². The van der Waals surface area contributed by atoms with E-state index < -0.39 is 5.97 Å². The van der Waals surface area contributed by atoms with Gasteiger partial charge in [0.05, 0.1) is 24.6 Å². The maximum Gasteiger partial charge on any atom is 0.309 e. The Labute approximate surface area is 102 Å². The first kappa shape index (κ1) is 10.6. The summed E-state index contributed by atoms with van der Waals surface area (Å²) in [6, 6.07) is 5.58. The maximum absolute atomic E-state index is 10.7. The highest BCUT2D eigenvalue weighted by Gasteiger charge is 2.10. The summed E-state index contributed by atoms with van der Waals surface area (Å²) in [4.78, 5) is 18.0. The van der Waals surface area contributed by atoms with Gasteiger partial charge in [-0.2, -0.15) is 0 Å². The number of fused-ring (bicyclic) bond motifs is 3. The Kier molecular flexibility index (Phi) is 2.22. The predicted molar refractivity (Wildman–Crippen MR) is 64.9 cm³/mol. The van der Waals surface area contributed by atoms with Crippen LogP contribution < -0.4 is 4.74 Å². The van der Waals surface area contributed by atoms with Gasteiger partial charge >= 0.3 is 5.97 Å². The number of H-pyrrole nitrogens is 1. The summed E-state index contributed by atoms with van der Waals surface area (Å²) in [5.74, 6) is 0.501. The zero-order chi connectivity index (χ0) is 12.7. The lowest BCUT2D eigenvalue weighted by molar-refractivity contribution is -0.136. The van der Waals surface area contributed by atoms with E-state index in [2.05, 4.69) is 9.97 Å². The fourth-order valence-electron chi connectivity index (χ4n) is 2.00. The fraction of sp³-hybridized carbons (Fsp3) is 0.167. The molecule has 0 radical (unpaired) electrons. The molecule has 0 unspecified atom stereocenters. The minimum atomic E-state index is -0.874. The Bertz CT molecular complexity index is 742. The van der Waals surface area contributed by atoms with Crippen molar-refractivity contribution in [3.05, 3.63) is 30.1 Å².